The number of hydrogen-bond acceptors (Lipinski definition) is 29. The van der Waals surface area contributed by atoms with Crippen LogP contribution in [0.15, 0.2) is 192 Å². The van der Waals surface area contributed by atoms with Gasteiger partial charge in [0.15, 0.2) is 11.4 Å². The van der Waals surface area contributed by atoms with E-state index in [1.165, 1.54) is 121 Å². The molecule has 0 spiro atoms. The Bertz CT molecular complexity index is 6860. The third kappa shape index (κ3) is 30.1. The summed E-state index contributed by atoms with van der Waals surface area (Å²) in [5.74, 6) is -0.680. The third-order valence-electron chi connectivity index (χ3n) is 19.1. The number of ether oxygens (including phenoxy) is 4. The molecular formula is C96H88F6HgIN15O19. The number of amides is 3. The fourth-order valence-corrected chi connectivity index (χ4v) is 14.1. The molecule has 0 aliphatic carbocycles. The largest absolute Gasteiger partial charge is 0.501 e. The first-order chi connectivity index (χ1) is 65.8. The molecule has 13 aromatic rings. The number of methoxy groups -OCH3 is 1. The van der Waals surface area contributed by atoms with Gasteiger partial charge in [-0.15, -0.1) is 6.42 Å². The van der Waals surface area contributed by atoms with Crippen LogP contribution in [0.25, 0.3) is 45.8 Å². The van der Waals surface area contributed by atoms with E-state index in [0.717, 1.165) is 35.4 Å². The number of nitrogens with two attached hydrogens (primary N) is 1. The van der Waals surface area contributed by atoms with Crippen molar-refractivity contribution in [2.75, 3.05) is 31.8 Å². The summed E-state index contributed by atoms with van der Waals surface area (Å²) in [6.45, 7) is 18.2. The van der Waals surface area contributed by atoms with Gasteiger partial charge in [-0.3, -0.25) is 33.1 Å². The van der Waals surface area contributed by atoms with Crippen LogP contribution in [0, 0.1) is 109 Å². The van der Waals surface area contributed by atoms with Gasteiger partial charge in [-0.2, -0.15) is 15.8 Å². The molecule has 7 aromatic carbocycles. The number of rotatable bonds is 19. The summed E-state index contributed by atoms with van der Waals surface area (Å²) in [5, 5.41) is 44.1. The second-order valence-electron chi connectivity index (χ2n) is 29.9. The number of oxazole rings is 4. The van der Waals surface area contributed by atoms with Crippen molar-refractivity contribution >= 4 is 58.2 Å². The number of nitrogens with one attached hydrogen (secondary N) is 3. The van der Waals surface area contributed by atoms with Crippen molar-refractivity contribution in [3.8, 4) is 87.9 Å². The van der Waals surface area contributed by atoms with Crippen molar-refractivity contribution in [3.63, 3.8) is 0 Å². The van der Waals surface area contributed by atoms with E-state index >= 15 is 0 Å². The predicted octanol–water partition coefficient (Wildman–Crippen LogP) is 14.9. The fraction of sp³-hybridized carbons (Fsp3) is 0.240. The van der Waals surface area contributed by atoms with Gasteiger partial charge in [0, 0.05) is 36.3 Å². The van der Waals surface area contributed by atoms with Crippen LogP contribution in [0.1, 0.15) is 157 Å². The first-order valence-electron chi connectivity index (χ1n) is 41.1. The molecule has 6 N–H and O–H groups in total. The van der Waals surface area contributed by atoms with Crippen LogP contribution < -0.4 is 37.5 Å². The summed E-state index contributed by atoms with van der Waals surface area (Å²) in [5.41, 5.74) is 7.14. The van der Waals surface area contributed by atoms with Crippen LogP contribution in [0.3, 0.4) is 0 Å². The molecule has 0 atom stereocenters. The topological polar surface area (TPSA) is 485 Å². The molecule has 0 bridgehead atoms. The summed E-state index contributed by atoms with van der Waals surface area (Å²) < 4.78 is 134. The Kier molecular flexibility index (Phi) is 40.3. The Morgan fingerprint density at radius 1 is 0.522 bits per heavy atom. The van der Waals surface area contributed by atoms with Crippen molar-refractivity contribution in [2.24, 2.45) is 5.73 Å². The molecule has 6 aromatic heterocycles. The van der Waals surface area contributed by atoms with E-state index in [2.05, 4.69) is 84.4 Å². The predicted molar refractivity (Wildman–Crippen MR) is 487 cm³/mol. The van der Waals surface area contributed by atoms with Gasteiger partial charge in [0.05, 0.1) is 110 Å². The monoisotopic (exact) mass is 2200 g/mol. The smallest absolute Gasteiger partial charge is 0.339 e. The molecule has 0 saturated heterocycles. The Hall–Kier alpha value is -15.3. The quantitative estimate of drug-likeness (QED) is 0.0125. The van der Waals surface area contributed by atoms with Gasteiger partial charge >= 0.3 is 72.1 Å². The number of hydrogen-bond donors (Lipinski definition) is 5. The van der Waals surface area contributed by atoms with Crippen LogP contribution in [0.4, 0.5) is 26.3 Å². The van der Waals surface area contributed by atoms with E-state index < -0.39 is 112 Å². The summed E-state index contributed by atoms with van der Waals surface area (Å²) >= 11 is 0.110. The first-order valence-corrected chi connectivity index (χ1v) is 47.8. The molecule has 8 heterocycles. The first kappa shape index (κ1) is 108. The number of halogens is 7. The van der Waals surface area contributed by atoms with Gasteiger partial charge in [-0.1, -0.05) is 77.0 Å². The number of fused-ring (bicyclic) bond motifs is 2. The minimum Gasteiger partial charge on any atom is -0.501 e. The molecule has 3 amide bonds. The maximum atomic E-state index is 14.0. The maximum absolute atomic E-state index is 14.0. The molecule has 34 nitrogen and oxygen atoms in total. The van der Waals surface area contributed by atoms with Crippen molar-refractivity contribution in [1.82, 2.24) is 55.0 Å². The van der Waals surface area contributed by atoms with Crippen molar-refractivity contribution in [2.45, 2.75) is 120 Å². The Labute approximate surface area is 812 Å². The van der Waals surface area contributed by atoms with Crippen LogP contribution in [-0.2, 0) is 105 Å². The van der Waals surface area contributed by atoms with Crippen LogP contribution in [-0.4, -0.2) is 112 Å². The number of aromatic hydroxyl groups is 1. The zero-order valence-electron chi connectivity index (χ0n) is 76.2. The van der Waals surface area contributed by atoms with E-state index in [4.69, 9.17) is 59.8 Å². The van der Waals surface area contributed by atoms with E-state index in [1.807, 2.05) is 41.3 Å². The standard InChI is InChI=1S/C28H27FN4O5.C21H21FN4O5.C11H11FN2O.2C11H7FN2O.C9H6FNO2.2C2H4O2.CH3I.Hg/c1-17-14-31-25(38-17)21-13-20(29)10-9-19(21)15-30-24(34)22-23(36-16-18-7-5-4-6-8-18)26(35)33-11-12-37-28(2,3)27(33)32-22;1-11-9-24-18(31-11)14-8-13(22)5-4-12(14)10-23-17(28)15-16(27)19(29)26-6-7-30-21(2,3)20(26)25-15;2*1-7-6-14-11(15-7)10-4-9(12)3-2-8(10)5-13;1-2-5-14-11(15)10-6-9(12)4-3-8(10)7-13;1-13-9(12)8-4-7(10)3-2-6(8)5-11;2*1-2(3)4;1-2;/h4-10,13-14H,11-12,15-16H2,1-3H3,(H,30,34);4-5,8-9,27H,6-7,10H2,1-3H3,(H,23,28);2-4,6H,5,13H2,1H3;2-4,6H,1H3;1,3-4,6H,5H2,(H,14,15);2-4H,1H3;2*1H3,(H,3,4);1H3;/q;;;;;;;;;+2/p-2. The van der Waals surface area contributed by atoms with E-state index in [9.17, 15) is 69.8 Å². The second-order valence-corrected chi connectivity index (χ2v) is 33.1. The number of benzene rings is 7. The summed E-state index contributed by atoms with van der Waals surface area (Å²) in [4.78, 5) is 122. The number of carbonyl (C=O) groups excluding carboxylic acids is 6. The third-order valence-corrected chi connectivity index (χ3v) is 23.2. The molecule has 42 heteroatoms. The van der Waals surface area contributed by atoms with Gasteiger partial charge in [0.2, 0.25) is 35.1 Å². The number of alkyl halides is 1. The average Bonchev–Trinajstić information content (AvgIpc) is 0.777. The Morgan fingerprint density at radius 3 is 1.31 bits per heavy atom. The molecule has 0 fully saturated rings. The maximum Gasteiger partial charge on any atom is 0.339 e. The summed E-state index contributed by atoms with van der Waals surface area (Å²) in [6.07, 6.45) is 11.1. The number of nitrogens with zero attached hydrogens (tertiary/aromatic N) is 11. The Balaban J connectivity index is 0.000000208. The van der Waals surface area contributed by atoms with E-state index in [0.29, 0.717) is 100 Å². The number of carbonyl (C=O) groups is 6. The second kappa shape index (κ2) is 51.4. The molecule has 138 heavy (non-hydrogen) atoms. The average molecular weight is 2200 g/mol. The van der Waals surface area contributed by atoms with Gasteiger partial charge in [0.25, 0.3) is 28.8 Å². The minimum absolute atomic E-state index is 0.00671. The molecule has 0 unspecified atom stereocenters. The zero-order valence-corrected chi connectivity index (χ0v) is 83.8. The number of aryl methyl sites for hydroxylation is 4. The van der Waals surface area contributed by atoms with Crippen molar-refractivity contribution in [3.05, 3.63) is 316 Å². The van der Waals surface area contributed by atoms with E-state index in [1.54, 1.807) is 85.9 Å². The molecule has 0 saturated carbocycles. The van der Waals surface area contributed by atoms with Crippen molar-refractivity contribution < 1.29 is 128 Å². The van der Waals surface area contributed by atoms with Crippen LogP contribution in [0.5, 0.6) is 11.5 Å². The van der Waals surface area contributed by atoms with Gasteiger partial charge in [-0.25, -0.2) is 61.0 Å². The Morgan fingerprint density at radius 2 is 0.899 bits per heavy atom. The molecule has 2 aliphatic heterocycles. The van der Waals surface area contributed by atoms with Gasteiger partial charge in [-0.05, 0) is 174 Å². The minimum atomic E-state index is -2.04. The van der Waals surface area contributed by atoms with E-state index in [-0.39, 0.29) is 108 Å². The molecule has 15 rings (SSSR count). The SMILES string of the molecule is C#CCNC(=O)c1cc(F)ccc1C#N.CC(=O)[O][Hg][O]C(C)=O.CI.COC(=O)c1cc(F)ccc1C#N.Cc1cnc(-c2cc(F)ccc2C#N)o1.Cc1cnc(-c2cc(F)ccc2CN)o1.Cc1cnc(-c2cc(F)ccc2CNC(=O)c2nc3n(c(=O)c2O)CCOC3(C)C)o1.Cc1cnc(-c2cc(F)ccc2CNC(=O)c2nc3n(c(=O)c2OCc2ccccc2)CCOC3(C)C)o1. The molecule has 0 radical (unpaired) electrons. The number of aromatic nitrogens is 8. The normalized spacial score (nSPS) is 11.8. The van der Waals surface area contributed by atoms with Crippen LogP contribution >= 0.6 is 22.6 Å². The van der Waals surface area contributed by atoms with Crippen LogP contribution in [0.2, 0.25) is 0 Å². The molecule has 2 aliphatic rings. The summed E-state index contributed by atoms with van der Waals surface area (Å²) in [7, 11) is 1.17. The summed E-state index contributed by atoms with van der Waals surface area (Å²) in [6, 6.07) is 38.0. The number of esters is 1. The molecule has 712 valence electrons. The number of terminal acetylenes is 1. The zero-order chi connectivity index (χ0) is 101. The fourth-order valence-electron chi connectivity index (χ4n) is 12.6. The van der Waals surface area contributed by atoms with Gasteiger partial charge in [0.1, 0.15) is 93.5 Å². The molecular weight excluding hydrogens is 2110 g/mol. The number of nitriles is 3. The van der Waals surface area contributed by atoms with Crippen molar-refractivity contribution in [1.29, 1.82) is 15.8 Å². The van der Waals surface area contributed by atoms with Gasteiger partial charge < -0.3 is 63.4 Å².